The molecule has 1 aromatic carbocycles. The molecular weight excluding hydrogens is 306 g/mol. The van der Waals surface area contributed by atoms with E-state index in [2.05, 4.69) is 11.8 Å². The monoisotopic (exact) mass is 321 g/mol. The number of thiophene rings is 1. The maximum atomic E-state index is 11.4. The molecule has 0 amide bonds. The molecule has 0 aliphatic rings. The van der Waals surface area contributed by atoms with Crippen LogP contribution in [-0.2, 0) is 16.4 Å². The van der Waals surface area contributed by atoms with Crippen molar-refractivity contribution in [2.24, 2.45) is 5.73 Å². The second-order valence-electron chi connectivity index (χ2n) is 4.34. The van der Waals surface area contributed by atoms with Crippen molar-refractivity contribution in [2.75, 3.05) is 12.8 Å². The van der Waals surface area contributed by atoms with Gasteiger partial charge in [0.2, 0.25) is 0 Å². The maximum Gasteiger partial charge on any atom is 0.175 e. The summed E-state index contributed by atoms with van der Waals surface area (Å²) < 4.78 is 28.3. The fourth-order valence-corrected chi connectivity index (χ4v) is 2.97. The van der Waals surface area contributed by atoms with E-state index in [9.17, 15) is 8.42 Å². The summed E-state index contributed by atoms with van der Waals surface area (Å²) in [7, 11) is -3.17. The molecule has 0 unspecified atom stereocenters. The van der Waals surface area contributed by atoms with Gasteiger partial charge in [0, 0.05) is 22.1 Å². The van der Waals surface area contributed by atoms with E-state index in [1.807, 2.05) is 11.4 Å². The number of hydrogen-bond donors (Lipinski definition) is 1. The third kappa shape index (κ3) is 4.60. The molecule has 110 valence electrons. The van der Waals surface area contributed by atoms with Crippen LogP contribution in [0.3, 0.4) is 0 Å². The predicted molar refractivity (Wildman–Crippen MR) is 84.1 cm³/mol. The van der Waals surface area contributed by atoms with Gasteiger partial charge in [0.15, 0.2) is 9.84 Å². The Morgan fingerprint density at radius 1 is 1.29 bits per heavy atom. The van der Waals surface area contributed by atoms with Gasteiger partial charge in [-0.15, -0.1) is 11.3 Å². The Labute approximate surface area is 128 Å². The van der Waals surface area contributed by atoms with E-state index >= 15 is 0 Å². The van der Waals surface area contributed by atoms with E-state index < -0.39 is 9.84 Å². The Hall–Kier alpha value is -1.81. The Kier molecular flexibility index (Phi) is 5.02. The van der Waals surface area contributed by atoms with Crippen LogP contribution < -0.4 is 10.5 Å². The SMILES string of the molecule is CS(=O)(=O)c1ccc(OCc2cc(C#CCN)cs2)cc1. The molecule has 2 aromatic rings. The third-order valence-electron chi connectivity index (χ3n) is 2.62. The van der Waals surface area contributed by atoms with Crippen LogP contribution in [0, 0.1) is 11.8 Å². The molecule has 2 N–H and O–H groups in total. The van der Waals surface area contributed by atoms with Crippen molar-refractivity contribution in [2.45, 2.75) is 11.5 Å². The fourth-order valence-electron chi connectivity index (χ4n) is 1.61. The summed E-state index contributed by atoms with van der Waals surface area (Å²) in [5.41, 5.74) is 6.25. The summed E-state index contributed by atoms with van der Waals surface area (Å²) in [6.45, 7) is 0.765. The van der Waals surface area contributed by atoms with Crippen molar-refractivity contribution in [1.82, 2.24) is 0 Å². The second-order valence-corrected chi connectivity index (χ2v) is 7.35. The van der Waals surface area contributed by atoms with Gasteiger partial charge in [-0.1, -0.05) is 11.8 Å². The van der Waals surface area contributed by atoms with Crippen molar-refractivity contribution in [3.63, 3.8) is 0 Å². The van der Waals surface area contributed by atoms with Crippen molar-refractivity contribution in [1.29, 1.82) is 0 Å². The highest BCUT2D eigenvalue weighted by atomic mass is 32.2. The van der Waals surface area contributed by atoms with Crippen LogP contribution in [0.2, 0.25) is 0 Å². The first-order valence-electron chi connectivity index (χ1n) is 6.18. The molecule has 6 heteroatoms. The number of sulfone groups is 1. The Morgan fingerprint density at radius 2 is 2.00 bits per heavy atom. The first kappa shape index (κ1) is 15.6. The zero-order chi connectivity index (χ0) is 15.3. The Bertz CT molecular complexity index is 765. The van der Waals surface area contributed by atoms with E-state index in [1.165, 1.54) is 18.4 Å². The predicted octanol–water partition coefficient (Wildman–Crippen LogP) is 2.04. The average molecular weight is 321 g/mol. The van der Waals surface area contributed by atoms with Gasteiger partial charge in [-0.25, -0.2) is 8.42 Å². The summed E-state index contributed by atoms with van der Waals surface area (Å²) in [5.74, 6) is 6.39. The molecule has 0 fully saturated rings. The first-order chi connectivity index (χ1) is 9.99. The summed E-state index contributed by atoms with van der Waals surface area (Å²) in [6.07, 6.45) is 1.18. The van der Waals surface area contributed by atoms with Crippen molar-refractivity contribution < 1.29 is 13.2 Å². The summed E-state index contributed by atoms with van der Waals surface area (Å²) >= 11 is 1.56. The van der Waals surface area contributed by atoms with Crippen LogP contribution in [0.5, 0.6) is 5.75 Å². The summed E-state index contributed by atoms with van der Waals surface area (Å²) in [6, 6.07) is 8.34. The van der Waals surface area contributed by atoms with E-state index in [0.717, 1.165) is 10.4 Å². The van der Waals surface area contributed by atoms with Crippen LogP contribution in [0.15, 0.2) is 40.6 Å². The number of hydrogen-bond acceptors (Lipinski definition) is 5. The first-order valence-corrected chi connectivity index (χ1v) is 8.95. The standard InChI is InChI=1S/C15H15NO3S2/c1-21(17,18)15-6-4-13(5-7-15)19-10-14-9-12(11-20-14)3-2-8-16/h4-7,9,11H,8,10,16H2,1H3. The maximum absolute atomic E-state index is 11.4. The van der Waals surface area contributed by atoms with Crippen molar-refractivity contribution in [3.8, 4) is 17.6 Å². The lowest BCUT2D eigenvalue weighted by Gasteiger charge is -2.05. The van der Waals surface area contributed by atoms with Crippen LogP contribution >= 0.6 is 11.3 Å². The molecule has 1 heterocycles. The topological polar surface area (TPSA) is 69.4 Å². The molecular formula is C15H15NO3S2. The Morgan fingerprint density at radius 3 is 2.62 bits per heavy atom. The zero-order valence-corrected chi connectivity index (χ0v) is 13.1. The van der Waals surface area contributed by atoms with E-state index in [0.29, 0.717) is 18.9 Å². The summed E-state index contributed by atoms with van der Waals surface area (Å²) in [5, 5.41) is 1.95. The van der Waals surface area contributed by atoms with Crippen molar-refractivity contribution >= 4 is 21.2 Å². The molecule has 21 heavy (non-hydrogen) atoms. The third-order valence-corrected chi connectivity index (χ3v) is 4.66. The number of rotatable bonds is 4. The molecule has 2 rings (SSSR count). The van der Waals surface area contributed by atoms with Gasteiger partial charge in [-0.2, -0.15) is 0 Å². The minimum Gasteiger partial charge on any atom is -0.488 e. The molecule has 0 aliphatic heterocycles. The lowest BCUT2D eigenvalue weighted by molar-refractivity contribution is 0.309. The van der Waals surface area contributed by atoms with Gasteiger partial charge in [0.1, 0.15) is 12.4 Å². The molecule has 4 nitrogen and oxygen atoms in total. The molecule has 0 aliphatic carbocycles. The molecule has 0 radical (unpaired) electrons. The lowest BCUT2D eigenvalue weighted by atomic mass is 10.3. The van der Waals surface area contributed by atoms with Gasteiger partial charge in [-0.3, -0.25) is 0 Å². The van der Waals surface area contributed by atoms with Crippen LogP contribution in [-0.4, -0.2) is 21.2 Å². The summed E-state index contributed by atoms with van der Waals surface area (Å²) in [4.78, 5) is 1.33. The second kappa shape index (κ2) is 6.76. The minimum atomic E-state index is -3.17. The molecule has 0 atom stereocenters. The minimum absolute atomic E-state index is 0.283. The lowest BCUT2D eigenvalue weighted by Crippen LogP contribution is -1.97. The smallest absolute Gasteiger partial charge is 0.175 e. The average Bonchev–Trinajstić information content (AvgIpc) is 2.90. The zero-order valence-electron chi connectivity index (χ0n) is 11.5. The van der Waals surface area contributed by atoms with Gasteiger partial charge in [0.25, 0.3) is 0 Å². The highest BCUT2D eigenvalue weighted by molar-refractivity contribution is 7.90. The highest BCUT2D eigenvalue weighted by Crippen LogP contribution is 2.19. The van der Waals surface area contributed by atoms with Crippen LogP contribution in [0.25, 0.3) is 0 Å². The largest absolute Gasteiger partial charge is 0.488 e. The number of ether oxygens (including phenoxy) is 1. The Balaban J connectivity index is 1.98. The van der Waals surface area contributed by atoms with Gasteiger partial charge >= 0.3 is 0 Å². The van der Waals surface area contributed by atoms with Gasteiger partial charge in [0.05, 0.1) is 11.4 Å². The van der Waals surface area contributed by atoms with Gasteiger partial charge in [-0.05, 0) is 30.3 Å². The fraction of sp³-hybridized carbons (Fsp3) is 0.200. The van der Waals surface area contributed by atoms with E-state index in [-0.39, 0.29) is 4.90 Å². The molecule has 0 saturated heterocycles. The van der Waals surface area contributed by atoms with E-state index in [1.54, 1.807) is 23.5 Å². The molecule has 0 saturated carbocycles. The molecule has 0 bridgehead atoms. The highest BCUT2D eigenvalue weighted by Gasteiger charge is 2.06. The number of nitrogens with two attached hydrogens (primary N) is 1. The molecule has 1 aromatic heterocycles. The number of benzene rings is 1. The van der Waals surface area contributed by atoms with Gasteiger partial charge < -0.3 is 10.5 Å². The quantitative estimate of drug-likeness (QED) is 0.875. The van der Waals surface area contributed by atoms with Crippen LogP contribution in [0.4, 0.5) is 0 Å². The van der Waals surface area contributed by atoms with Crippen molar-refractivity contribution in [3.05, 3.63) is 46.2 Å². The normalized spacial score (nSPS) is 10.8. The van der Waals surface area contributed by atoms with E-state index in [4.69, 9.17) is 10.5 Å². The molecule has 0 spiro atoms. The van der Waals surface area contributed by atoms with Crippen LogP contribution in [0.1, 0.15) is 10.4 Å².